The second-order valence-electron chi connectivity index (χ2n) is 5.49. The quantitative estimate of drug-likeness (QED) is 0.696. The van der Waals surface area contributed by atoms with Gasteiger partial charge in [-0.25, -0.2) is 0 Å². The Balaban J connectivity index is 1.71. The van der Waals surface area contributed by atoms with E-state index in [-0.39, 0.29) is 18.0 Å². The van der Waals surface area contributed by atoms with Gasteiger partial charge < -0.3 is 21.1 Å². The van der Waals surface area contributed by atoms with Crippen LogP contribution in [0.5, 0.6) is 0 Å². The highest BCUT2D eigenvalue weighted by atomic mass is 16.5. The van der Waals surface area contributed by atoms with Crippen molar-refractivity contribution < 1.29 is 9.53 Å². The Morgan fingerprint density at radius 1 is 1.45 bits per heavy atom. The third-order valence-corrected chi connectivity index (χ3v) is 4.04. The van der Waals surface area contributed by atoms with Crippen LogP contribution >= 0.6 is 0 Å². The first-order valence-corrected chi connectivity index (χ1v) is 7.24. The molecule has 1 amide bonds. The largest absolute Gasteiger partial charge is 0.399 e. The highest BCUT2D eigenvalue weighted by molar-refractivity contribution is 5.82. The number of anilines is 1. The van der Waals surface area contributed by atoms with Crippen LogP contribution in [0.1, 0.15) is 30.0 Å². The van der Waals surface area contributed by atoms with Gasteiger partial charge in [-0.15, -0.1) is 0 Å². The molecule has 1 heterocycles. The number of carbonyl (C=O) groups excluding carboxylic acids is 1. The van der Waals surface area contributed by atoms with Gasteiger partial charge in [-0.3, -0.25) is 4.79 Å². The number of hydrogen-bond acceptors (Lipinski definition) is 4. The third-order valence-electron chi connectivity index (χ3n) is 4.04. The smallest absolute Gasteiger partial charge is 0.240 e. The molecule has 1 aromatic rings. The molecule has 1 aliphatic carbocycles. The van der Waals surface area contributed by atoms with E-state index in [9.17, 15) is 4.79 Å². The molecule has 5 heteroatoms. The third kappa shape index (κ3) is 2.78. The number of nitrogens with two attached hydrogens (primary N) is 1. The van der Waals surface area contributed by atoms with E-state index in [1.165, 1.54) is 11.1 Å². The Labute approximate surface area is 118 Å². The molecule has 0 spiro atoms. The van der Waals surface area contributed by atoms with Crippen molar-refractivity contribution in [1.29, 1.82) is 0 Å². The Kier molecular flexibility index (Phi) is 3.89. The maximum absolute atomic E-state index is 12.3. The van der Waals surface area contributed by atoms with Gasteiger partial charge in [-0.1, -0.05) is 6.07 Å². The molecule has 0 saturated carbocycles. The van der Waals surface area contributed by atoms with E-state index in [1.807, 2.05) is 18.2 Å². The second-order valence-corrected chi connectivity index (χ2v) is 5.49. The van der Waals surface area contributed by atoms with Crippen molar-refractivity contribution in [3.8, 4) is 0 Å². The molecule has 0 aromatic heterocycles. The van der Waals surface area contributed by atoms with E-state index >= 15 is 0 Å². The van der Waals surface area contributed by atoms with Crippen molar-refractivity contribution in [3.05, 3.63) is 29.3 Å². The van der Waals surface area contributed by atoms with Crippen LogP contribution in [-0.4, -0.2) is 31.7 Å². The zero-order valence-electron chi connectivity index (χ0n) is 11.5. The lowest BCUT2D eigenvalue weighted by atomic mass is 9.87. The zero-order valence-corrected chi connectivity index (χ0v) is 11.5. The normalized spacial score (nSPS) is 25.8. The molecule has 1 saturated heterocycles. The van der Waals surface area contributed by atoms with Crippen LogP contribution in [0, 0.1) is 0 Å². The van der Waals surface area contributed by atoms with Crippen molar-refractivity contribution in [2.45, 2.75) is 31.3 Å². The number of benzene rings is 1. The Morgan fingerprint density at radius 2 is 2.35 bits per heavy atom. The van der Waals surface area contributed by atoms with Gasteiger partial charge in [-0.2, -0.15) is 0 Å². The SMILES string of the molecule is Nc1ccc2c(c1)CCCC2NC(=O)C1COCCN1. The lowest BCUT2D eigenvalue weighted by Gasteiger charge is -2.29. The topological polar surface area (TPSA) is 76.4 Å². The Bertz CT molecular complexity index is 498. The minimum Gasteiger partial charge on any atom is -0.399 e. The van der Waals surface area contributed by atoms with Crippen LogP contribution in [0.4, 0.5) is 5.69 Å². The lowest BCUT2D eigenvalue weighted by Crippen LogP contribution is -2.52. The van der Waals surface area contributed by atoms with Crippen LogP contribution in [0.15, 0.2) is 18.2 Å². The van der Waals surface area contributed by atoms with E-state index in [2.05, 4.69) is 10.6 Å². The number of rotatable bonds is 2. The highest BCUT2D eigenvalue weighted by Gasteiger charge is 2.26. The number of amides is 1. The highest BCUT2D eigenvalue weighted by Crippen LogP contribution is 2.31. The lowest BCUT2D eigenvalue weighted by molar-refractivity contribution is -0.126. The van der Waals surface area contributed by atoms with Crippen LogP contribution in [0.25, 0.3) is 0 Å². The minimum absolute atomic E-state index is 0.0272. The molecule has 1 fully saturated rings. The first kappa shape index (κ1) is 13.4. The molecule has 0 bridgehead atoms. The number of fused-ring (bicyclic) bond motifs is 1. The number of nitrogens with one attached hydrogen (secondary N) is 2. The number of aryl methyl sites for hydroxylation is 1. The first-order valence-electron chi connectivity index (χ1n) is 7.24. The van der Waals surface area contributed by atoms with E-state index in [1.54, 1.807) is 0 Å². The maximum Gasteiger partial charge on any atom is 0.240 e. The predicted octanol–water partition coefficient (Wildman–Crippen LogP) is 0.751. The number of ether oxygens (including phenoxy) is 1. The van der Waals surface area contributed by atoms with E-state index in [4.69, 9.17) is 10.5 Å². The predicted molar refractivity (Wildman–Crippen MR) is 77.3 cm³/mol. The summed E-state index contributed by atoms with van der Waals surface area (Å²) in [6, 6.07) is 5.83. The molecule has 0 radical (unpaired) electrons. The summed E-state index contributed by atoms with van der Waals surface area (Å²) in [5.41, 5.74) is 9.08. The number of carbonyl (C=O) groups is 1. The summed E-state index contributed by atoms with van der Waals surface area (Å²) in [4.78, 5) is 12.3. The Hall–Kier alpha value is -1.59. The first-order chi connectivity index (χ1) is 9.74. The maximum atomic E-state index is 12.3. The molecule has 2 unspecified atom stereocenters. The van der Waals surface area contributed by atoms with Crippen molar-refractivity contribution in [3.63, 3.8) is 0 Å². The number of morpholine rings is 1. The van der Waals surface area contributed by atoms with E-state index < -0.39 is 0 Å². The summed E-state index contributed by atoms with van der Waals surface area (Å²) in [5, 5.41) is 6.33. The molecule has 108 valence electrons. The van der Waals surface area contributed by atoms with Gasteiger partial charge in [0.05, 0.1) is 19.3 Å². The molecule has 4 N–H and O–H groups in total. The average molecular weight is 275 g/mol. The number of hydrogen-bond donors (Lipinski definition) is 3. The molecule has 2 aliphatic rings. The van der Waals surface area contributed by atoms with Crippen LogP contribution in [0.2, 0.25) is 0 Å². The summed E-state index contributed by atoms with van der Waals surface area (Å²) < 4.78 is 5.34. The Morgan fingerprint density at radius 3 is 3.15 bits per heavy atom. The monoisotopic (exact) mass is 275 g/mol. The van der Waals surface area contributed by atoms with Crippen molar-refractivity contribution >= 4 is 11.6 Å². The molecule has 2 atom stereocenters. The van der Waals surface area contributed by atoms with Crippen molar-refractivity contribution in [2.24, 2.45) is 0 Å². The fourth-order valence-electron chi connectivity index (χ4n) is 2.99. The molecular weight excluding hydrogens is 254 g/mol. The van der Waals surface area contributed by atoms with Crippen LogP contribution < -0.4 is 16.4 Å². The van der Waals surface area contributed by atoms with Crippen molar-refractivity contribution in [2.75, 3.05) is 25.5 Å². The summed E-state index contributed by atoms with van der Waals surface area (Å²) in [6.07, 6.45) is 3.10. The van der Waals surface area contributed by atoms with Crippen molar-refractivity contribution in [1.82, 2.24) is 10.6 Å². The van der Waals surface area contributed by atoms with E-state index in [0.717, 1.165) is 31.5 Å². The van der Waals surface area contributed by atoms with Gasteiger partial charge in [-0.05, 0) is 42.5 Å². The summed E-state index contributed by atoms with van der Waals surface area (Å²) in [7, 11) is 0. The average Bonchev–Trinajstić information content (AvgIpc) is 2.48. The van der Waals surface area contributed by atoms with Gasteiger partial charge >= 0.3 is 0 Å². The molecule has 5 nitrogen and oxygen atoms in total. The summed E-state index contributed by atoms with van der Waals surface area (Å²) in [5.74, 6) is 0.0272. The molecule has 1 aromatic carbocycles. The zero-order chi connectivity index (χ0) is 13.9. The van der Waals surface area contributed by atoms with Gasteiger partial charge in [0.2, 0.25) is 5.91 Å². The minimum atomic E-state index is -0.233. The van der Waals surface area contributed by atoms with E-state index in [0.29, 0.717) is 13.2 Å². The van der Waals surface area contributed by atoms with Crippen LogP contribution in [0.3, 0.4) is 0 Å². The summed E-state index contributed by atoms with van der Waals surface area (Å²) in [6.45, 7) is 1.86. The van der Waals surface area contributed by atoms with Gasteiger partial charge in [0, 0.05) is 12.2 Å². The van der Waals surface area contributed by atoms with Gasteiger partial charge in [0.1, 0.15) is 6.04 Å². The summed E-state index contributed by atoms with van der Waals surface area (Å²) >= 11 is 0. The van der Waals surface area contributed by atoms with Crippen LogP contribution in [-0.2, 0) is 16.0 Å². The molecule has 20 heavy (non-hydrogen) atoms. The number of nitrogen functional groups attached to an aromatic ring is 1. The molecule has 3 rings (SSSR count). The fourth-order valence-corrected chi connectivity index (χ4v) is 2.99. The van der Waals surface area contributed by atoms with Gasteiger partial charge in [0.15, 0.2) is 0 Å². The van der Waals surface area contributed by atoms with Gasteiger partial charge in [0.25, 0.3) is 0 Å². The molecular formula is C15H21N3O2. The fraction of sp³-hybridized carbons (Fsp3) is 0.533. The standard InChI is InChI=1S/C15H21N3O2/c16-11-4-5-12-10(8-11)2-1-3-13(12)18-15(19)14-9-20-7-6-17-14/h4-5,8,13-14,17H,1-3,6-7,9,16H2,(H,18,19). The second kappa shape index (κ2) is 5.81. The molecule has 1 aliphatic heterocycles.